The molecule has 0 radical (unpaired) electrons. The van der Waals surface area contributed by atoms with Gasteiger partial charge < -0.3 is 10.0 Å². The Morgan fingerprint density at radius 1 is 1.13 bits per heavy atom. The number of sulfonamides is 1. The van der Waals surface area contributed by atoms with Gasteiger partial charge in [-0.15, -0.1) is 0 Å². The lowest BCUT2D eigenvalue weighted by molar-refractivity contribution is -0.137. The normalized spacial score (nSPS) is 18.4. The fraction of sp³-hybridized carbons (Fsp3) is 0.316. The maximum Gasteiger partial charge on any atom is 0.418 e. The molecule has 1 aliphatic heterocycles. The highest BCUT2D eigenvalue weighted by molar-refractivity contribution is 7.89. The molecule has 11 heteroatoms. The fourth-order valence-electron chi connectivity index (χ4n) is 3.45. The maximum absolute atomic E-state index is 13.4. The summed E-state index contributed by atoms with van der Waals surface area (Å²) in [6.45, 7) is 1.33. The van der Waals surface area contributed by atoms with Crippen molar-refractivity contribution in [1.82, 2.24) is 4.31 Å². The van der Waals surface area contributed by atoms with Gasteiger partial charge in [-0.2, -0.15) is 17.5 Å². The number of hydrogen-bond donors (Lipinski definition) is 1. The van der Waals surface area contributed by atoms with Crippen LogP contribution in [0.1, 0.15) is 22.8 Å². The summed E-state index contributed by atoms with van der Waals surface area (Å²) in [6.07, 6.45) is -4.76. The molecule has 0 aromatic heterocycles. The monoisotopic (exact) mass is 446 g/mol. The lowest BCUT2D eigenvalue weighted by atomic mass is 10.1. The molecule has 1 heterocycles. The Morgan fingerprint density at radius 3 is 2.43 bits per heavy atom. The van der Waals surface area contributed by atoms with Crippen molar-refractivity contribution in [3.8, 4) is 0 Å². The number of benzene rings is 2. The van der Waals surface area contributed by atoms with Gasteiger partial charge in [0, 0.05) is 31.4 Å². The lowest BCUT2D eigenvalue weighted by Crippen LogP contribution is -2.54. The Hall–Kier alpha value is -2.66. The first-order valence-corrected chi connectivity index (χ1v) is 10.3. The number of nitrogens with zero attached hydrogens (tertiary/aromatic N) is 2. The highest BCUT2D eigenvalue weighted by Crippen LogP contribution is 2.38. The van der Waals surface area contributed by atoms with Crippen LogP contribution < -0.4 is 4.90 Å². The minimum Gasteiger partial charge on any atom is -0.478 e. The second-order valence-corrected chi connectivity index (χ2v) is 8.79. The number of piperazine rings is 1. The molecule has 1 atom stereocenters. The summed E-state index contributed by atoms with van der Waals surface area (Å²) in [4.78, 5) is 12.3. The van der Waals surface area contributed by atoms with Crippen LogP contribution in [-0.2, 0) is 16.2 Å². The van der Waals surface area contributed by atoms with Gasteiger partial charge in [0.05, 0.1) is 16.0 Å². The highest BCUT2D eigenvalue weighted by atomic mass is 32.2. The van der Waals surface area contributed by atoms with E-state index in [1.54, 1.807) is 6.92 Å². The Balaban J connectivity index is 1.88. The molecule has 6 nitrogen and oxygen atoms in total. The van der Waals surface area contributed by atoms with Crippen LogP contribution in [0.15, 0.2) is 47.4 Å². The SMILES string of the molecule is C[C@@H]1CN(c2ccc(F)cc2C(F)(F)F)CCN1S(=O)(=O)c1cccc(C(=O)O)c1. The molecule has 0 aliphatic carbocycles. The number of carboxylic acid groups (broad SMARTS) is 1. The van der Waals surface area contributed by atoms with E-state index in [9.17, 15) is 30.8 Å². The molecule has 1 fully saturated rings. The molecule has 0 spiro atoms. The minimum atomic E-state index is -4.76. The van der Waals surface area contributed by atoms with E-state index in [0.717, 1.165) is 22.5 Å². The average Bonchev–Trinajstić information content (AvgIpc) is 2.67. The van der Waals surface area contributed by atoms with Crippen LogP contribution >= 0.6 is 0 Å². The molecule has 1 saturated heterocycles. The third-order valence-corrected chi connectivity index (χ3v) is 6.87. The van der Waals surface area contributed by atoms with E-state index in [4.69, 9.17) is 5.11 Å². The smallest absolute Gasteiger partial charge is 0.418 e. The predicted octanol–water partition coefficient (Wildman–Crippen LogP) is 3.44. The molecule has 0 bridgehead atoms. The Kier molecular flexibility index (Phi) is 5.79. The molecule has 3 rings (SSSR count). The first-order chi connectivity index (χ1) is 13.9. The second kappa shape index (κ2) is 7.88. The van der Waals surface area contributed by atoms with Crippen molar-refractivity contribution >= 4 is 21.7 Å². The number of carbonyl (C=O) groups is 1. The summed E-state index contributed by atoms with van der Waals surface area (Å²) in [5, 5.41) is 9.08. The minimum absolute atomic E-state index is 0.0447. The summed E-state index contributed by atoms with van der Waals surface area (Å²) >= 11 is 0. The predicted molar refractivity (Wildman–Crippen MR) is 100 cm³/mol. The number of anilines is 1. The van der Waals surface area contributed by atoms with Gasteiger partial charge >= 0.3 is 12.1 Å². The topological polar surface area (TPSA) is 77.9 Å². The first-order valence-electron chi connectivity index (χ1n) is 8.88. The molecule has 2 aromatic rings. The highest BCUT2D eigenvalue weighted by Gasteiger charge is 2.39. The lowest BCUT2D eigenvalue weighted by Gasteiger charge is -2.40. The fourth-order valence-corrected chi connectivity index (χ4v) is 5.11. The first kappa shape index (κ1) is 22.0. The molecular weight excluding hydrogens is 428 g/mol. The van der Waals surface area contributed by atoms with Crippen molar-refractivity contribution in [2.45, 2.75) is 24.0 Å². The average molecular weight is 446 g/mol. The standard InChI is InChI=1S/C19H18F4N2O4S/c1-12-11-24(17-6-5-14(20)10-16(17)19(21,22)23)7-8-25(12)30(28,29)15-4-2-3-13(9-15)18(26)27/h2-6,9-10,12H,7-8,11H2,1H3,(H,26,27)/t12-/m1/s1. The number of carboxylic acids is 1. The Morgan fingerprint density at radius 2 is 1.83 bits per heavy atom. The van der Waals surface area contributed by atoms with Gasteiger partial charge in [-0.3, -0.25) is 0 Å². The van der Waals surface area contributed by atoms with E-state index < -0.39 is 39.6 Å². The molecule has 0 amide bonds. The third kappa shape index (κ3) is 4.26. The molecule has 1 aliphatic rings. The van der Waals surface area contributed by atoms with Crippen molar-refractivity contribution in [3.63, 3.8) is 0 Å². The summed E-state index contributed by atoms with van der Waals surface area (Å²) < 4.78 is 80.4. The summed E-state index contributed by atoms with van der Waals surface area (Å²) in [5.74, 6) is -2.29. The molecule has 0 unspecified atom stereocenters. The van der Waals surface area contributed by atoms with Crippen LogP contribution in [0.25, 0.3) is 0 Å². The maximum atomic E-state index is 13.4. The third-order valence-electron chi connectivity index (χ3n) is 4.86. The van der Waals surface area contributed by atoms with Gasteiger partial charge in [-0.05, 0) is 43.3 Å². The molecule has 2 aromatic carbocycles. The van der Waals surface area contributed by atoms with E-state index in [0.29, 0.717) is 6.07 Å². The number of hydrogen-bond acceptors (Lipinski definition) is 4. The second-order valence-electron chi connectivity index (χ2n) is 6.90. The van der Waals surface area contributed by atoms with Gasteiger partial charge in [-0.25, -0.2) is 17.6 Å². The van der Waals surface area contributed by atoms with Gasteiger partial charge in [0.25, 0.3) is 0 Å². The number of aromatic carboxylic acids is 1. The largest absolute Gasteiger partial charge is 0.478 e. The van der Waals surface area contributed by atoms with Crippen LogP contribution in [0, 0.1) is 5.82 Å². The van der Waals surface area contributed by atoms with E-state index in [1.807, 2.05) is 0 Å². The van der Waals surface area contributed by atoms with Crippen LogP contribution in [0.2, 0.25) is 0 Å². The van der Waals surface area contributed by atoms with E-state index in [1.165, 1.54) is 23.1 Å². The quantitative estimate of drug-likeness (QED) is 0.728. The van der Waals surface area contributed by atoms with Crippen LogP contribution in [0.5, 0.6) is 0 Å². The summed E-state index contributed by atoms with van der Waals surface area (Å²) in [6, 6.07) is 6.55. The number of alkyl halides is 3. The van der Waals surface area contributed by atoms with Gasteiger partial charge in [0.2, 0.25) is 10.0 Å². The van der Waals surface area contributed by atoms with Gasteiger partial charge in [0.15, 0.2) is 0 Å². The zero-order valence-corrected chi connectivity index (χ0v) is 16.5. The molecule has 1 N–H and O–H groups in total. The van der Waals surface area contributed by atoms with Crippen molar-refractivity contribution in [1.29, 1.82) is 0 Å². The zero-order valence-electron chi connectivity index (χ0n) is 15.7. The van der Waals surface area contributed by atoms with Crippen molar-refractivity contribution in [2.24, 2.45) is 0 Å². The van der Waals surface area contributed by atoms with Gasteiger partial charge in [0.1, 0.15) is 5.82 Å². The number of halogens is 4. The summed E-state index contributed by atoms with van der Waals surface area (Å²) in [7, 11) is -4.06. The number of rotatable bonds is 4. The van der Waals surface area contributed by atoms with Crippen molar-refractivity contribution in [2.75, 3.05) is 24.5 Å². The van der Waals surface area contributed by atoms with Crippen LogP contribution in [-0.4, -0.2) is 49.5 Å². The van der Waals surface area contributed by atoms with Crippen LogP contribution in [0.3, 0.4) is 0 Å². The molecule has 30 heavy (non-hydrogen) atoms. The molecular formula is C19H18F4N2O4S. The van der Waals surface area contributed by atoms with E-state index in [2.05, 4.69) is 0 Å². The summed E-state index contributed by atoms with van der Waals surface area (Å²) in [5.41, 5.74) is -1.54. The Labute approximate surface area is 170 Å². The van der Waals surface area contributed by atoms with Crippen molar-refractivity contribution in [3.05, 3.63) is 59.4 Å². The van der Waals surface area contributed by atoms with Gasteiger partial charge in [-0.1, -0.05) is 6.07 Å². The van der Waals surface area contributed by atoms with Crippen LogP contribution in [0.4, 0.5) is 23.2 Å². The molecule has 162 valence electrons. The Bertz CT molecular complexity index is 1070. The molecule has 0 saturated carbocycles. The van der Waals surface area contributed by atoms with E-state index >= 15 is 0 Å². The van der Waals surface area contributed by atoms with E-state index in [-0.39, 0.29) is 35.8 Å². The van der Waals surface area contributed by atoms with Crippen molar-refractivity contribution < 1.29 is 35.9 Å². The zero-order chi connectivity index (χ0) is 22.3.